The molecule has 0 atom stereocenters. The number of carbonyl (C=O) groups is 1. The minimum absolute atomic E-state index is 0.0771. The van der Waals surface area contributed by atoms with Gasteiger partial charge in [-0.3, -0.25) is 14.9 Å². The van der Waals surface area contributed by atoms with Gasteiger partial charge in [0.05, 0.1) is 4.92 Å². The fourth-order valence-corrected chi connectivity index (χ4v) is 1.65. The highest BCUT2D eigenvalue weighted by molar-refractivity contribution is 6.09. The molecule has 3 rings (SSSR count). The Morgan fingerprint density at radius 2 is 1.77 bits per heavy atom. The number of nitrogens with one attached hydrogen (secondary N) is 1. The second kappa shape index (κ2) is 7.39. The predicted octanol–water partition coefficient (Wildman–Crippen LogP) is 2.03. The molecule has 110 valence electrons. The van der Waals surface area contributed by atoms with E-state index < -0.39 is 4.92 Å². The van der Waals surface area contributed by atoms with Gasteiger partial charge in [-0.25, -0.2) is 5.10 Å². The summed E-state index contributed by atoms with van der Waals surface area (Å²) in [5.74, 6) is -0.214. The molecular formula is C14H11N5O3. The van der Waals surface area contributed by atoms with E-state index in [1.54, 1.807) is 30.3 Å². The van der Waals surface area contributed by atoms with Gasteiger partial charge in [0.1, 0.15) is 6.33 Å². The number of nitro benzene ring substituents is 1. The molecular weight excluding hydrogens is 286 g/mol. The number of benzene rings is 2. The summed E-state index contributed by atoms with van der Waals surface area (Å²) in [6.45, 7) is 0. The summed E-state index contributed by atoms with van der Waals surface area (Å²) in [5.41, 5.74) is 0.769. The Morgan fingerprint density at radius 3 is 2.32 bits per heavy atom. The standard InChI is InChI=1S/C13H9NO3.CH2N4/c15-13(10-5-2-1-3-6-10)11-7-4-8-12(9-11)14(16)17;1-2-4-5-3-1/h1-9H;1H,(H,2,3,4,5). The van der Waals surface area contributed by atoms with E-state index in [4.69, 9.17) is 0 Å². The summed E-state index contributed by atoms with van der Waals surface area (Å²) >= 11 is 0. The Morgan fingerprint density at radius 1 is 1.05 bits per heavy atom. The number of hydrogen-bond acceptors (Lipinski definition) is 6. The van der Waals surface area contributed by atoms with Gasteiger partial charge >= 0.3 is 0 Å². The number of rotatable bonds is 3. The van der Waals surface area contributed by atoms with Gasteiger partial charge in [-0.2, -0.15) is 0 Å². The maximum Gasteiger partial charge on any atom is 0.270 e. The number of ketones is 1. The number of carbonyl (C=O) groups excluding carboxylic acids is 1. The van der Waals surface area contributed by atoms with Crippen LogP contribution in [0.25, 0.3) is 0 Å². The number of nitro groups is 1. The number of aromatic amines is 1. The maximum absolute atomic E-state index is 12.0. The highest BCUT2D eigenvalue weighted by Crippen LogP contribution is 2.16. The second-order valence-corrected chi connectivity index (χ2v) is 4.07. The van der Waals surface area contributed by atoms with Crippen LogP contribution in [0.4, 0.5) is 5.69 Å². The molecule has 1 N–H and O–H groups in total. The number of nitrogens with zero attached hydrogens (tertiary/aromatic N) is 4. The molecule has 1 heterocycles. The van der Waals surface area contributed by atoms with Crippen LogP contribution in [0.15, 0.2) is 60.9 Å². The van der Waals surface area contributed by atoms with E-state index in [9.17, 15) is 14.9 Å². The first kappa shape index (κ1) is 15.0. The molecule has 22 heavy (non-hydrogen) atoms. The normalized spacial score (nSPS) is 9.45. The fourth-order valence-electron chi connectivity index (χ4n) is 1.65. The Labute approximate surface area is 125 Å². The lowest BCUT2D eigenvalue weighted by atomic mass is 10.0. The lowest BCUT2D eigenvalue weighted by Crippen LogP contribution is -2.01. The van der Waals surface area contributed by atoms with Crippen LogP contribution in [-0.2, 0) is 0 Å². The quantitative estimate of drug-likeness (QED) is 0.449. The molecule has 0 spiro atoms. The average Bonchev–Trinajstić information content (AvgIpc) is 3.15. The van der Waals surface area contributed by atoms with Gasteiger partial charge in [-0.1, -0.05) is 42.5 Å². The molecule has 0 fully saturated rings. The van der Waals surface area contributed by atoms with E-state index in [2.05, 4.69) is 20.6 Å². The van der Waals surface area contributed by atoms with Crippen molar-refractivity contribution in [3.63, 3.8) is 0 Å². The predicted molar refractivity (Wildman–Crippen MR) is 77.1 cm³/mol. The van der Waals surface area contributed by atoms with Crippen molar-refractivity contribution in [2.45, 2.75) is 0 Å². The first-order chi connectivity index (χ1) is 10.7. The number of hydrogen-bond donors (Lipinski definition) is 1. The van der Waals surface area contributed by atoms with E-state index >= 15 is 0 Å². The van der Waals surface area contributed by atoms with Crippen molar-refractivity contribution in [1.29, 1.82) is 0 Å². The molecule has 0 aliphatic rings. The Kier molecular flexibility index (Phi) is 5.03. The fraction of sp³-hybridized carbons (Fsp3) is 0. The van der Waals surface area contributed by atoms with Crippen LogP contribution in [0.3, 0.4) is 0 Å². The third kappa shape index (κ3) is 4.04. The van der Waals surface area contributed by atoms with Crippen molar-refractivity contribution < 1.29 is 9.72 Å². The van der Waals surface area contributed by atoms with Crippen molar-refractivity contribution in [1.82, 2.24) is 20.6 Å². The van der Waals surface area contributed by atoms with Gasteiger partial charge in [-0.05, 0) is 10.4 Å². The molecule has 0 bridgehead atoms. The monoisotopic (exact) mass is 297 g/mol. The highest BCUT2D eigenvalue weighted by atomic mass is 16.6. The number of aromatic nitrogens is 4. The van der Waals surface area contributed by atoms with Gasteiger partial charge in [0.15, 0.2) is 5.78 Å². The summed E-state index contributed by atoms with van der Waals surface area (Å²) < 4.78 is 0. The van der Waals surface area contributed by atoms with Crippen molar-refractivity contribution in [3.8, 4) is 0 Å². The third-order valence-corrected chi connectivity index (χ3v) is 2.62. The van der Waals surface area contributed by atoms with Crippen LogP contribution in [0, 0.1) is 10.1 Å². The molecule has 0 amide bonds. The molecule has 0 aliphatic heterocycles. The van der Waals surface area contributed by atoms with Crippen molar-refractivity contribution >= 4 is 11.5 Å². The van der Waals surface area contributed by atoms with Gasteiger partial charge in [0.25, 0.3) is 5.69 Å². The Hall–Kier alpha value is -3.42. The van der Waals surface area contributed by atoms with Crippen molar-refractivity contribution in [2.75, 3.05) is 0 Å². The summed E-state index contributed by atoms with van der Waals surface area (Å²) in [7, 11) is 0. The third-order valence-electron chi connectivity index (χ3n) is 2.62. The minimum Gasteiger partial charge on any atom is -0.289 e. The SMILES string of the molecule is O=C(c1ccccc1)c1cccc([N+](=O)[O-])c1.c1nnn[nH]1. The molecule has 3 aromatic rings. The van der Waals surface area contributed by atoms with Crippen molar-refractivity contribution in [2.24, 2.45) is 0 Å². The zero-order valence-corrected chi connectivity index (χ0v) is 11.3. The van der Waals surface area contributed by atoms with Crippen LogP contribution < -0.4 is 0 Å². The zero-order valence-electron chi connectivity index (χ0n) is 11.3. The van der Waals surface area contributed by atoms with Gasteiger partial charge in [0, 0.05) is 23.3 Å². The van der Waals surface area contributed by atoms with Gasteiger partial charge in [-0.15, -0.1) is 5.10 Å². The summed E-state index contributed by atoms with van der Waals surface area (Å²) in [6, 6.07) is 14.4. The van der Waals surface area contributed by atoms with Crippen LogP contribution in [0.2, 0.25) is 0 Å². The number of H-pyrrole nitrogens is 1. The lowest BCUT2D eigenvalue weighted by molar-refractivity contribution is -0.384. The highest BCUT2D eigenvalue weighted by Gasteiger charge is 2.12. The lowest BCUT2D eigenvalue weighted by Gasteiger charge is -2.00. The summed E-state index contributed by atoms with van der Waals surface area (Å²) in [4.78, 5) is 22.1. The van der Waals surface area contributed by atoms with Crippen LogP contribution in [0.5, 0.6) is 0 Å². The largest absolute Gasteiger partial charge is 0.289 e. The summed E-state index contributed by atoms with van der Waals surface area (Å²) in [5, 5.41) is 22.7. The van der Waals surface area contributed by atoms with Crippen molar-refractivity contribution in [3.05, 3.63) is 82.2 Å². The molecule has 8 heteroatoms. The maximum atomic E-state index is 12.0. The molecule has 2 aromatic carbocycles. The molecule has 0 saturated carbocycles. The molecule has 1 aromatic heterocycles. The van der Waals surface area contributed by atoms with Gasteiger partial charge in [0.2, 0.25) is 0 Å². The number of non-ortho nitro benzene ring substituents is 1. The number of tetrazole rings is 1. The van der Waals surface area contributed by atoms with Crippen LogP contribution in [0.1, 0.15) is 15.9 Å². The van der Waals surface area contributed by atoms with E-state index in [0.717, 1.165) is 0 Å². The Bertz CT molecular complexity index is 727. The van der Waals surface area contributed by atoms with E-state index in [0.29, 0.717) is 11.1 Å². The molecule has 0 aliphatic carbocycles. The van der Waals surface area contributed by atoms with Crippen LogP contribution >= 0.6 is 0 Å². The topological polar surface area (TPSA) is 115 Å². The molecule has 0 saturated heterocycles. The minimum atomic E-state index is -0.512. The average molecular weight is 297 g/mol. The molecule has 8 nitrogen and oxygen atoms in total. The first-order valence-electron chi connectivity index (χ1n) is 6.20. The first-order valence-corrected chi connectivity index (χ1v) is 6.20. The second-order valence-electron chi connectivity index (χ2n) is 4.07. The zero-order chi connectivity index (χ0) is 15.8. The Balaban J connectivity index is 0.000000299. The van der Waals surface area contributed by atoms with E-state index in [1.807, 2.05) is 6.07 Å². The van der Waals surface area contributed by atoms with E-state index in [-0.39, 0.29) is 11.5 Å². The van der Waals surface area contributed by atoms with Gasteiger partial charge < -0.3 is 0 Å². The molecule has 0 radical (unpaired) electrons. The smallest absolute Gasteiger partial charge is 0.270 e. The van der Waals surface area contributed by atoms with Crippen LogP contribution in [-0.4, -0.2) is 31.3 Å². The molecule has 0 unspecified atom stereocenters. The van der Waals surface area contributed by atoms with E-state index in [1.165, 1.54) is 24.5 Å². The summed E-state index contributed by atoms with van der Waals surface area (Å²) in [6.07, 6.45) is 1.40.